The standard InChI is InChI=1S/C25H36N6O3/c1-24(2)13-15(14-25(3,4)27-24)28(5)21-10-9-18(31(8)26-21)16-11-17-19(12-20(16)32)29(6)23(34)30(7)22(17)33/h9-12,15,18,27,32H,13-14H2,1-8H3. The van der Waals surface area contributed by atoms with Gasteiger partial charge in [0.15, 0.2) is 0 Å². The van der Waals surface area contributed by atoms with Gasteiger partial charge in [-0.25, -0.2) is 4.79 Å². The van der Waals surface area contributed by atoms with Gasteiger partial charge >= 0.3 is 5.69 Å². The Kier molecular flexibility index (Phi) is 5.67. The second-order valence-corrected chi connectivity index (χ2v) is 11.0. The Hall–Kier alpha value is -3.07. The van der Waals surface area contributed by atoms with E-state index in [1.54, 1.807) is 18.1 Å². The number of hydrazone groups is 1. The molecule has 2 aromatic rings. The number of aryl methyl sites for hydroxylation is 1. The molecule has 1 atom stereocenters. The zero-order valence-electron chi connectivity index (χ0n) is 21.4. The molecule has 0 aliphatic carbocycles. The van der Waals surface area contributed by atoms with Crippen molar-refractivity contribution in [3.05, 3.63) is 50.7 Å². The summed E-state index contributed by atoms with van der Waals surface area (Å²) < 4.78 is 2.45. The average molecular weight is 469 g/mol. The summed E-state index contributed by atoms with van der Waals surface area (Å²) in [6.45, 7) is 8.94. The normalized spacial score (nSPS) is 22.2. The van der Waals surface area contributed by atoms with Crippen LogP contribution in [0, 0.1) is 0 Å². The van der Waals surface area contributed by atoms with Crippen molar-refractivity contribution in [2.24, 2.45) is 19.2 Å². The zero-order chi connectivity index (χ0) is 25.2. The molecule has 1 unspecified atom stereocenters. The molecule has 34 heavy (non-hydrogen) atoms. The third-order valence-electron chi connectivity index (χ3n) is 7.10. The predicted octanol–water partition coefficient (Wildman–Crippen LogP) is 2.04. The van der Waals surface area contributed by atoms with Crippen LogP contribution in [0.1, 0.15) is 52.1 Å². The van der Waals surface area contributed by atoms with Gasteiger partial charge in [0, 0.05) is 56.9 Å². The molecule has 0 radical (unpaired) electrons. The minimum atomic E-state index is -0.430. The van der Waals surface area contributed by atoms with E-state index in [0.29, 0.717) is 22.5 Å². The number of nitrogens with zero attached hydrogens (tertiary/aromatic N) is 5. The molecule has 9 nitrogen and oxygen atoms in total. The fourth-order valence-corrected chi connectivity index (χ4v) is 5.66. The third kappa shape index (κ3) is 4.13. The van der Waals surface area contributed by atoms with Crippen molar-refractivity contribution >= 4 is 16.7 Å². The lowest BCUT2D eigenvalue weighted by Crippen LogP contribution is -2.62. The molecule has 1 fully saturated rings. The van der Waals surface area contributed by atoms with Crippen LogP contribution in [-0.4, -0.2) is 61.2 Å². The van der Waals surface area contributed by atoms with Crippen molar-refractivity contribution in [3.8, 4) is 5.75 Å². The molecule has 9 heteroatoms. The van der Waals surface area contributed by atoms with Crippen molar-refractivity contribution in [1.29, 1.82) is 0 Å². The number of phenolic OH excluding ortho intramolecular Hbond substituents is 1. The first-order chi connectivity index (χ1) is 15.7. The topological polar surface area (TPSA) is 95.1 Å². The summed E-state index contributed by atoms with van der Waals surface area (Å²) in [6.07, 6.45) is 5.97. The zero-order valence-corrected chi connectivity index (χ0v) is 21.4. The van der Waals surface area contributed by atoms with Crippen LogP contribution in [0.2, 0.25) is 0 Å². The molecule has 1 aromatic carbocycles. The van der Waals surface area contributed by atoms with E-state index in [1.807, 2.05) is 19.2 Å². The Balaban J connectivity index is 1.66. The second kappa shape index (κ2) is 8.01. The molecule has 2 N–H and O–H groups in total. The molecule has 0 saturated carbocycles. The van der Waals surface area contributed by atoms with E-state index in [9.17, 15) is 14.7 Å². The lowest BCUT2D eigenvalue weighted by Gasteiger charge is -2.49. The van der Waals surface area contributed by atoms with Crippen molar-refractivity contribution in [1.82, 2.24) is 24.4 Å². The van der Waals surface area contributed by atoms with Crippen LogP contribution in [0.5, 0.6) is 5.75 Å². The maximum Gasteiger partial charge on any atom is 0.330 e. The van der Waals surface area contributed by atoms with Crippen molar-refractivity contribution < 1.29 is 5.11 Å². The van der Waals surface area contributed by atoms with Crippen molar-refractivity contribution in [2.45, 2.75) is 63.7 Å². The van der Waals surface area contributed by atoms with Crippen molar-refractivity contribution in [3.63, 3.8) is 0 Å². The molecule has 2 aliphatic rings. The van der Waals surface area contributed by atoms with Gasteiger partial charge in [-0.1, -0.05) is 6.08 Å². The van der Waals surface area contributed by atoms with Crippen LogP contribution >= 0.6 is 0 Å². The highest BCUT2D eigenvalue weighted by molar-refractivity contribution is 5.93. The fourth-order valence-electron chi connectivity index (χ4n) is 5.66. The van der Waals surface area contributed by atoms with Crippen LogP contribution in [0.25, 0.3) is 10.9 Å². The van der Waals surface area contributed by atoms with Crippen LogP contribution in [0.15, 0.2) is 39.0 Å². The fraction of sp³-hybridized carbons (Fsp3) is 0.560. The number of likely N-dealkylation sites (N-methyl/N-ethyl adjacent to an activating group) is 2. The molecule has 0 spiro atoms. The van der Waals surface area contributed by atoms with Gasteiger partial charge in [0.1, 0.15) is 11.6 Å². The quantitative estimate of drug-likeness (QED) is 0.701. The summed E-state index contributed by atoms with van der Waals surface area (Å²) in [5.41, 5.74) is 0.199. The highest BCUT2D eigenvalue weighted by atomic mass is 16.3. The van der Waals surface area contributed by atoms with E-state index in [1.165, 1.54) is 17.7 Å². The van der Waals surface area contributed by atoms with Gasteiger partial charge in [-0.05, 0) is 52.7 Å². The number of phenols is 1. The number of amidine groups is 1. The number of fused-ring (bicyclic) bond motifs is 1. The molecular weight excluding hydrogens is 432 g/mol. The van der Waals surface area contributed by atoms with Crippen molar-refractivity contribution in [2.75, 3.05) is 14.1 Å². The number of hydrogen-bond donors (Lipinski definition) is 2. The molecule has 1 aromatic heterocycles. The molecule has 1 saturated heterocycles. The summed E-state index contributed by atoms with van der Waals surface area (Å²) >= 11 is 0. The summed E-state index contributed by atoms with van der Waals surface area (Å²) in [5, 5.41) is 21.5. The Morgan fingerprint density at radius 3 is 2.26 bits per heavy atom. The molecule has 184 valence electrons. The summed E-state index contributed by atoms with van der Waals surface area (Å²) in [7, 11) is 6.99. The lowest BCUT2D eigenvalue weighted by molar-refractivity contribution is 0.112. The van der Waals surface area contributed by atoms with Gasteiger partial charge in [0.05, 0.1) is 16.9 Å². The number of piperidine rings is 1. The molecule has 0 bridgehead atoms. The smallest absolute Gasteiger partial charge is 0.330 e. The van der Waals surface area contributed by atoms with Crippen LogP contribution < -0.4 is 16.6 Å². The summed E-state index contributed by atoms with van der Waals surface area (Å²) in [4.78, 5) is 27.2. The molecule has 2 aliphatic heterocycles. The first-order valence-corrected chi connectivity index (χ1v) is 11.7. The Bertz CT molecular complexity index is 1300. The number of nitrogens with one attached hydrogen (secondary N) is 1. The minimum Gasteiger partial charge on any atom is -0.507 e. The van der Waals surface area contributed by atoms with Gasteiger partial charge in [-0.15, -0.1) is 0 Å². The monoisotopic (exact) mass is 468 g/mol. The first-order valence-electron chi connectivity index (χ1n) is 11.7. The molecular formula is C25H36N6O3. The number of hydrogen-bond acceptors (Lipinski definition) is 7. The highest BCUT2D eigenvalue weighted by Gasteiger charge is 2.40. The number of rotatable bonds is 2. The average Bonchev–Trinajstić information content (AvgIpc) is 2.73. The molecule has 3 heterocycles. The van der Waals surface area contributed by atoms with E-state index in [2.05, 4.69) is 45.0 Å². The van der Waals surface area contributed by atoms with E-state index in [-0.39, 0.29) is 28.4 Å². The van der Waals surface area contributed by atoms with Crippen LogP contribution in [-0.2, 0) is 14.1 Å². The Morgan fingerprint density at radius 1 is 1.06 bits per heavy atom. The highest BCUT2D eigenvalue weighted by Crippen LogP contribution is 2.35. The van der Waals surface area contributed by atoms with E-state index < -0.39 is 5.69 Å². The maximum atomic E-state index is 12.7. The number of benzene rings is 1. The minimum absolute atomic E-state index is 0.0195. The van der Waals surface area contributed by atoms with E-state index in [4.69, 9.17) is 5.10 Å². The second-order valence-electron chi connectivity index (χ2n) is 11.0. The predicted molar refractivity (Wildman–Crippen MR) is 135 cm³/mol. The first kappa shape index (κ1) is 24.1. The summed E-state index contributed by atoms with van der Waals surface area (Å²) in [5.74, 6) is 0.877. The lowest BCUT2D eigenvalue weighted by atomic mass is 9.79. The number of aromatic hydroxyl groups is 1. The Labute approximate surface area is 200 Å². The van der Waals surface area contributed by atoms with E-state index in [0.717, 1.165) is 23.2 Å². The van der Waals surface area contributed by atoms with Crippen LogP contribution in [0.3, 0.4) is 0 Å². The Morgan fingerprint density at radius 2 is 1.68 bits per heavy atom. The van der Waals surface area contributed by atoms with Crippen LogP contribution in [0.4, 0.5) is 0 Å². The summed E-state index contributed by atoms with van der Waals surface area (Å²) in [6, 6.07) is 3.14. The molecule has 0 amide bonds. The third-order valence-corrected chi connectivity index (χ3v) is 7.10. The SMILES string of the molecule is CN1N=C(N(C)C2CC(C)(C)NC(C)(C)C2)C=CC1c1cc2c(=O)n(C)c(=O)n(C)c2cc1O. The van der Waals surface area contributed by atoms with Gasteiger partial charge in [-0.3, -0.25) is 18.9 Å². The van der Waals surface area contributed by atoms with Gasteiger partial charge < -0.3 is 15.3 Å². The molecule has 4 rings (SSSR count). The van der Waals surface area contributed by atoms with Gasteiger partial charge in [-0.2, -0.15) is 5.10 Å². The van der Waals surface area contributed by atoms with Gasteiger partial charge in [0.25, 0.3) is 5.56 Å². The maximum absolute atomic E-state index is 12.7. The van der Waals surface area contributed by atoms with E-state index >= 15 is 0 Å². The largest absolute Gasteiger partial charge is 0.507 e. The van der Waals surface area contributed by atoms with Gasteiger partial charge in [0.2, 0.25) is 0 Å². The number of aromatic nitrogens is 2.